The SMILES string of the molecule is CC1(C)CCC(C)(CNC(=O)NCC2CC3CC2C3)CC1. The summed E-state index contributed by atoms with van der Waals surface area (Å²) in [5, 5.41) is 6.23. The second-order valence-corrected chi connectivity index (χ2v) is 9.13. The van der Waals surface area contributed by atoms with Crippen molar-refractivity contribution in [2.45, 2.75) is 65.7 Å². The molecule has 3 heteroatoms. The van der Waals surface area contributed by atoms with Crippen LogP contribution in [0.15, 0.2) is 0 Å². The lowest BCUT2D eigenvalue weighted by Gasteiger charge is -2.41. The molecule has 2 N–H and O–H groups in total. The number of fused-ring (bicyclic) bond motifs is 1. The zero-order valence-corrected chi connectivity index (χ0v) is 14.0. The first-order chi connectivity index (χ1) is 9.85. The highest BCUT2D eigenvalue weighted by molar-refractivity contribution is 5.73. The van der Waals surface area contributed by atoms with Gasteiger partial charge in [-0.2, -0.15) is 0 Å². The molecule has 4 aliphatic rings. The smallest absolute Gasteiger partial charge is 0.314 e. The first-order valence-electron chi connectivity index (χ1n) is 8.87. The number of carbonyl (C=O) groups excluding carboxylic acids is 1. The lowest BCUT2D eigenvalue weighted by molar-refractivity contribution is 0.117. The van der Waals surface area contributed by atoms with Crippen molar-refractivity contribution < 1.29 is 4.79 Å². The molecule has 4 rings (SSSR count). The van der Waals surface area contributed by atoms with E-state index in [9.17, 15) is 4.79 Å². The fourth-order valence-electron chi connectivity index (χ4n) is 4.52. The number of hydrogen-bond donors (Lipinski definition) is 2. The Balaban J connectivity index is 1.35. The molecule has 0 radical (unpaired) electrons. The van der Waals surface area contributed by atoms with Crippen molar-refractivity contribution in [1.29, 1.82) is 0 Å². The van der Waals surface area contributed by atoms with Gasteiger partial charge in [0.2, 0.25) is 0 Å². The van der Waals surface area contributed by atoms with Crippen molar-refractivity contribution in [3.63, 3.8) is 0 Å². The molecule has 4 fully saturated rings. The van der Waals surface area contributed by atoms with Gasteiger partial charge in [-0.3, -0.25) is 0 Å². The number of carbonyl (C=O) groups is 1. The Hall–Kier alpha value is -0.730. The van der Waals surface area contributed by atoms with E-state index in [1.807, 2.05) is 0 Å². The summed E-state index contributed by atoms with van der Waals surface area (Å²) in [4.78, 5) is 12.0. The van der Waals surface area contributed by atoms with Crippen LogP contribution in [0.5, 0.6) is 0 Å². The Labute approximate surface area is 129 Å². The number of amides is 2. The second-order valence-electron chi connectivity index (χ2n) is 9.13. The molecule has 2 bridgehead atoms. The van der Waals surface area contributed by atoms with E-state index in [4.69, 9.17) is 0 Å². The van der Waals surface area contributed by atoms with Crippen LogP contribution in [0.1, 0.15) is 65.7 Å². The van der Waals surface area contributed by atoms with Crippen LogP contribution in [0.4, 0.5) is 4.79 Å². The summed E-state index contributed by atoms with van der Waals surface area (Å²) in [6.45, 7) is 8.76. The van der Waals surface area contributed by atoms with Crippen LogP contribution in [0, 0.1) is 28.6 Å². The molecule has 2 amide bonds. The number of rotatable bonds is 4. The van der Waals surface area contributed by atoms with Crippen LogP contribution in [-0.4, -0.2) is 19.1 Å². The maximum absolute atomic E-state index is 12.0. The van der Waals surface area contributed by atoms with Gasteiger partial charge in [-0.25, -0.2) is 4.79 Å². The molecule has 0 spiro atoms. The van der Waals surface area contributed by atoms with Crippen molar-refractivity contribution >= 4 is 6.03 Å². The van der Waals surface area contributed by atoms with E-state index in [2.05, 4.69) is 31.4 Å². The molecule has 0 heterocycles. The van der Waals surface area contributed by atoms with Gasteiger partial charge in [0.1, 0.15) is 0 Å². The summed E-state index contributed by atoms with van der Waals surface area (Å²) < 4.78 is 0. The highest BCUT2D eigenvalue weighted by Gasteiger charge is 2.43. The first kappa shape index (κ1) is 15.2. The fourth-order valence-corrected chi connectivity index (χ4v) is 4.52. The van der Waals surface area contributed by atoms with Gasteiger partial charge in [0.15, 0.2) is 0 Å². The van der Waals surface area contributed by atoms with E-state index in [1.54, 1.807) is 0 Å². The van der Waals surface area contributed by atoms with Crippen LogP contribution >= 0.6 is 0 Å². The predicted molar refractivity (Wildman–Crippen MR) is 86.1 cm³/mol. The number of hydrogen-bond acceptors (Lipinski definition) is 1. The van der Waals surface area contributed by atoms with Crippen LogP contribution in [0.25, 0.3) is 0 Å². The van der Waals surface area contributed by atoms with Crippen LogP contribution in [0.2, 0.25) is 0 Å². The zero-order valence-electron chi connectivity index (χ0n) is 14.0. The first-order valence-corrected chi connectivity index (χ1v) is 8.87. The largest absolute Gasteiger partial charge is 0.338 e. The van der Waals surface area contributed by atoms with Gasteiger partial charge >= 0.3 is 6.03 Å². The average molecular weight is 292 g/mol. The summed E-state index contributed by atoms with van der Waals surface area (Å²) in [5.74, 6) is 2.65. The summed E-state index contributed by atoms with van der Waals surface area (Å²) in [6.07, 6.45) is 9.19. The summed E-state index contributed by atoms with van der Waals surface area (Å²) >= 11 is 0. The normalized spacial score (nSPS) is 35.9. The molecular formula is C18H32N2O. The third-order valence-corrected chi connectivity index (χ3v) is 6.59. The molecule has 1 atom stereocenters. The number of urea groups is 1. The minimum atomic E-state index is 0.0464. The van der Waals surface area contributed by atoms with Gasteiger partial charge < -0.3 is 10.6 Å². The minimum Gasteiger partial charge on any atom is -0.338 e. The maximum atomic E-state index is 12.0. The van der Waals surface area contributed by atoms with E-state index in [0.717, 1.165) is 30.8 Å². The van der Waals surface area contributed by atoms with E-state index in [0.29, 0.717) is 10.8 Å². The van der Waals surface area contributed by atoms with E-state index in [-0.39, 0.29) is 6.03 Å². The zero-order chi connectivity index (χ0) is 15.1. The van der Waals surface area contributed by atoms with E-state index >= 15 is 0 Å². The van der Waals surface area contributed by atoms with Crippen LogP contribution in [0.3, 0.4) is 0 Å². The lowest BCUT2D eigenvalue weighted by Crippen LogP contribution is -2.44. The molecule has 4 aliphatic carbocycles. The van der Waals surface area contributed by atoms with Crippen molar-refractivity contribution in [1.82, 2.24) is 10.6 Å². The molecule has 0 aromatic rings. The molecule has 4 saturated carbocycles. The molecule has 3 nitrogen and oxygen atoms in total. The Bertz CT molecular complexity index is 388. The fraction of sp³-hybridized carbons (Fsp3) is 0.944. The average Bonchev–Trinajstić information content (AvgIpc) is 2.97. The topological polar surface area (TPSA) is 41.1 Å². The standard InChI is InChI=1S/C18H32N2O/c1-17(2)4-6-18(3,7-5-17)12-20-16(21)19-11-15-10-13-8-14(15)9-13/h13-15H,4-12H2,1-3H3,(H2,19,20,21). The van der Waals surface area contributed by atoms with Crippen molar-refractivity contribution in [3.8, 4) is 0 Å². The Morgan fingerprint density at radius 1 is 1.00 bits per heavy atom. The van der Waals surface area contributed by atoms with Crippen molar-refractivity contribution in [2.24, 2.45) is 28.6 Å². The van der Waals surface area contributed by atoms with Gasteiger partial charge in [0, 0.05) is 13.1 Å². The Morgan fingerprint density at radius 3 is 2.24 bits per heavy atom. The van der Waals surface area contributed by atoms with E-state index in [1.165, 1.54) is 44.9 Å². The molecule has 1 unspecified atom stereocenters. The number of nitrogens with one attached hydrogen (secondary N) is 2. The van der Waals surface area contributed by atoms with Gasteiger partial charge in [0.05, 0.1) is 0 Å². The molecule has 21 heavy (non-hydrogen) atoms. The van der Waals surface area contributed by atoms with Crippen LogP contribution < -0.4 is 10.6 Å². The van der Waals surface area contributed by atoms with Gasteiger partial charge in [-0.15, -0.1) is 0 Å². The lowest BCUT2D eigenvalue weighted by atomic mass is 9.66. The quantitative estimate of drug-likeness (QED) is 0.809. The Kier molecular flexibility index (Phi) is 3.96. The highest BCUT2D eigenvalue weighted by atomic mass is 16.2. The molecule has 0 aliphatic heterocycles. The summed E-state index contributed by atoms with van der Waals surface area (Å²) in [7, 11) is 0. The van der Waals surface area contributed by atoms with Gasteiger partial charge in [-0.1, -0.05) is 20.8 Å². The third-order valence-electron chi connectivity index (χ3n) is 6.59. The molecule has 0 aromatic heterocycles. The second kappa shape index (κ2) is 5.48. The third kappa shape index (κ3) is 3.54. The van der Waals surface area contributed by atoms with E-state index < -0.39 is 0 Å². The molecule has 0 saturated heterocycles. The molecule has 120 valence electrons. The molecular weight excluding hydrogens is 260 g/mol. The monoisotopic (exact) mass is 292 g/mol. The highest BCUT2D eigenvalue weighted by Crippen LogP contribution is 2.52. The minimum absolute atomic E-state index is 0.0464. The van der Waals surface area contributed by atoms with Crippen molar-refractivity contribution in [2.75, 3.05) is 13.1 Å². The van der Waals surface area contributed by atoms with Gasteiger partial charge in [-0.05, 0) is 73.5 Å². The summed E-state index contributed by atoms with van der Waals surface area (Å²) in [5.41, 5.74) is 0.785. The van der Waals surface area contributed by atoms with Gasteiger partial charge in [0.25, 0.3) is 0 Å². The van der Waals surface area contributed by atoms with Crippen LogP contribution in [-0.2, 0) is 0 Å². The Morgan fingerprint density at radius 2 is 1.67 bits per heavy atom. The summed E-state index contributed by atoms with van der Waals surface area (Å²) in [6, 6.07) is 0.0464. The molecule has 0 aromatic carbocycles. The predicted octanol–water partition coefficient (Wildman–Crippen LogP) is 3.94. The van der Waals surface area contributed by atoms with Crippen molar-refractivity contribution in [3.05, 3.63) is 0 Å². The maximum Gasteiger partial charge on any atom is 0.314 e.